The first-order valence-electron chi connectivity index (χ1n) is 7.59. The lowest BCUT2D eigenvalue weighted by Gasteiger charge is -2.54. The number of likely N-dealkylation sites (tertiary alicyclic amines) is 1. The van der Waals surface area contributed by atoms with Gasteiger partial charge in [0.1, 0.15) is 0 Å². The molecule has 1 saturated carbocycles. The number of carbonyl (C=O) groups is 2. The normalized spacial score (nSPS) is 28.2. The summed E-state index contributed by atoms with van der Waals surface area (Å²) in [5, 5.41) is 0. The fraction of sp³-hybridized carbons (Fsp3) is 0.562. The lowest BCUT2D eigenvalue weighted by atomic mass is 9.48. The number of carbonyl (C=O) groups excluding carboxylic acids is 2. The Morgan fingerprint density at radius 1 is 1.38 bits per heavy atom. The summed E-state index contributed by atoms with van der Waals surface area (Å²) in [5.41, 5.74) is 3.00. The molecule has 8 heteroatoms. The van der Waals surface area contributed by atoms with Gasteiger partial charge in [0.2, 0.25) is 5.91 Å². The first kappa shape index (κ1) is 16.7. The fourth-order valence-corrected chi connectivity index (χ4v) is 4.36. The third-order valence-electron chi connectivity index (χ3n) is 5.39. The van der Waals surface area contributed by atoms with Crippen LogP contribution in [0.25, 0.3) is 0 Å². The molecule has 1 aromatic heterocycles. The molecule has 1 aliphatic carbocycles. The molecule has 1 aromatic rings. The fourth-order valence-electron chi connectivity index (χ4n) is 4.36. The van der Waals surface area contributed by atoms with E-state index in [-0.39, 0.29) is 24.4 Å². The average molecular weight is 341 g/mol. The minimum absolute atomic E-state index is 0.0570. The first-order valence-corrected chi connectivity index (χ1v) is 7.59. The number of alkyl halides is 3. The molecule has 0 spiro atoms. The van der Waals surface area contributed by atoms with E-state index in [0.717, 1.165) is 18.5 Å². The highest BCUT2D eigenvalue weighted by Crippen LogP contribution is 2.62. The van der Waals surface area contributed by atoms with E-state index in [0.29, 0.717) is 6.42 Å². The van der Waals surface area contributed by atoms with Crippen molar-refractivity contribution < 1.29 is 22.8 Å². The lowest BCUT2D eigenvalue weighted by molar-refractivity contribution is -0.148. The molecule has 24 heavy (non-hydrogen) atoms. The van der Waals surface area contributed by atoms with Crippen LogP contribution in [0.15, 0.2) is 18.5 Å². The number of hydrogen-bond donors (Lipinski definition) is 1. The molecule has 3 rings (SSSR count). The molecule has 1 saturated heterocycles. The predicted octanol–water partition coefficient (Wildman–Crippen LogP) is 2.07. The average Bonchev–Trinajstić information content (AvgIpc) is 2.82. The summed E-state index contributed by atoms with van der Waals surface area (Å²) in [5.74, 6) is -1.40. The minimum Gasteiger partial charge on any atom is -0.369 e. The maximum Gasteiger partial charge on any atom is 0.417 e. The molecule has 2 heterocycles. The van der Waals surface area contributed by atoms with E-state index in [1.165, 1.54) is 4.90 Å². The molecular weight excluding hydrogens is 323 g/mol. The van der Waals surface area contributed by atoms with Gasteiger partial charge in [0.25, 0.3) is 5.91 Å². The zero-order chi connectivity index (χ0) is 17.9. The van der Waals surface area contributed by atoms with E-state index in [4.69, 9.17) is 5.73 Å². The summed E-state index contributed by atoms with van der Waals surface area (Å²) >= 11 is 0. The van der Waals surface area contributed by atoms with Crippen molar-refractivity contribution in [3.8, 4) is 0 Å². The topological polar surface area (TPSA) is 76.3 Å². The van der Waals surface area contributed by atoms with E-state index < -0.39 is 34.5 Å². The second-order valence-corrected chi connectivity index (χ2v) is 7.34. The zero-order valence-corrected chi connectivity index (χ0v) is 13.4. The molecule has 2 atom stereocenters. The summed E-state index contributed by atoms with van der Waals surface area (Å²) in [7, 11) is 0. The van der Waals surface area contributed by atoms with Gasteiger partial charge in [-0.05, 0) is 23.8 Å². The summed E-state index contributed by atoms with van der Waals surface area (Å²) in [6, 6.07) is 0.783. The number of nitrogens with two attached hydrogens (primary N) is 1. The highest BCUT2D eigenvalue weighted by molar-refractivity contribution is 5.97. The Morgan fingerprint density at radius 2 is 2.04 bits per heavy atom. The largest absolute Gasteiger partial charge is 0.417 e. The number of rotatable bonds is 2. The van der Waals surface area contributed by atoms with Crippen molar-refractivity contribution in [2.45, 2.75) is 26.4 Å². The molecule has 2 N–H and O–H groups in total. The first-order chi connectivity index (χ1) is 11.0. The van der Waals surface area contributed by atoms with Gasteiger partial charge in [0.15, 0.2) is 0 Å². The molecule has 5 nitrogen and oxygen atoms in total. The van der Waals surface area contributed by atoms with Crippen molar-refractivity contribution in [3.05, 3.63) is 29.6 Å². The number of primary amides is 1. The van der Waals surface area contributed by atoms with E-state index in [1.54, 1.807) is 0 Å². The van der Waals surface area contributed by atoms with Gasteiger partial charge in [-0.1, -0.05) is 13.8 Å². The summed E-state index contributed by atoms with van der Waals surface area (Å²) < 4.78 is 39.3. The monoisotopic (exact) mass is 341 g/mol. The van der Waals surface area contributed by atoms with Crippen LogP contribution in [-0.4, -0.2) is 34.8 Å². The number of nitrogens with zero attached hydrogens (tertiary/aromatic N) is 2. The molecule has 1 aliphatic heterocycles. The van der Waals surface area contributed by atoms with Gasteiger partial charge in [0, 0.05) is 25.5 Å². The van der Waals surface area contributed by atoms with Crippen LogP contribution in [0.2, 0.25) is 0 Å². The summed E-state index contributed by atoms with van der Waals surface area (Å²) in [6.45, 7) is 4.22. The molecule has 2 aliphatic rings. The van der Waals surface area contributed by atoms with Crippen LogP contribution >= 0.6 is 0 Å². The van der Waals surface area contributed by atoms with E-state index in [9.17, 15) is 22.8 Å². The number of aromatic nitrogens is 1. The molecular formula is C16H18F3N3O2. The Balaban J connectivity index is 1.93. The van der Waals surface area contributed by atoms with Gasteiger partial charge in [-0.15, -0.1) is 0 Å². The van der Waals surface area contributed by atoms with Crippen LogP contribution in [0.5, 0.6) is 0 Å². The van der Waals surface area contributed by atoms with E-state index in [1.807, 2.05) is 13.8 Å². The molecule has 0 bridgehead atoms. The van der Waals surface area contributed by atoms with Crippen molar-refractivity contribution in [3.63, 3.8) is 0 Å². The van der Waals surface area contributed by atoms with Crippen molar-refractivity contribution in [2.24, 2.45) is 22.5 Å². The van der Waals surface area contributed by atoms with Gasteiger partial charge < -0.3 is 10.6 Å². The molecule has 2 amide bonds. The number of hydrogen-bond acceptors (Lipinski definition) is 3. The smallest absolute Gasteiger partial charge is 0.369 e. The van der Waals surface area contributed by atoms with E-state index in [2.05, 4.69) is 4.98 Å². The van der Waals surface area contributed by atoms with Gasteiger partial charge in [-0.2, -0.15) is 13.2 Å². The lowest BCUT2D eigenvalue weighted by Crippen LogP contribution is -2.59. The maximum atomic E-state index is 13.1. The molecule has 0 radical (unpaired) electrons. The Morgan fingerprint density at radius 3 is 2.54 bits per heavy atom. The molecule has 0 unspecified atom stereocenters. The van der Waals surface area contributed by atoms with Crippen molar-refractivity contribution in [1.82, 2.24) is 9.88 Å². The van der Waals surface area contributed by atoms with Gasteiger partial charge >= 0.3 is 6.18 Å². The number of halogens is 3. The third kappa shape index (κ3) is 2.27. The third-order valence-corrected chi connectivity index (χ3v) is 5.39. The van der Waals surface area contributed by atoms with Gasteiger partial charge in [-0.3, -0.25) is 14.6 Å². The zero-order valence-electron chi connectivity index (χ0n) is 13.4. The van der Waals surface area contributed by atoms with Gasteiger partial charge in [-0.25, -0.2) is 0 Å². The van der Waals surface area contributed by atoms with Crippen LogP contribution in [0.3, 0.4) is 0 Å². The van der Waals surface area contributed by atoms with Crippen molar-refractivity contribution >= 4 is 11.8 Å². The number of pyridine rings is 1. The predicted molar refractivity (Wildman–Crippen MR) is 78.7 cm³/mol. The second-order valence-electron chi connectivity index (χ2n) is 7.34. The van der Waals surface area contributed by atoms with Crippen LogP contribution in [0, 0.1) is 16.7 Å². The second kappa shape index (κ2) is 4.94. The quantitative estimate of drug-likeness (QED) is 0.895. The Labute approximate surface area is 137 Å². The molecule has 2 fully saturated rings. The molecule has 130 valence electrons. The highest BCUT2D eigenvalue weighted by atomic mass is 19.4. The summed E-state index contributed by atoms with van der Waals surface area (Å²) in [4.78, 5) is 29.5. The van der Waals surface area contributed by atoms with Crippen LogP contribution in [0.4, 0.5) is 13.2 Å². The van der Waals surface area contributed by atoms with Crippen LogP contribution < -0.4 is 5.73 Å². The maximum absolute atomic E-state index is 13.1. The van der Waals surface area contributed by atoms with Crippen LogP contribution in [0.1, 0.15) is 36.2 Å². The minimum atomic E-state index is -4.65. The SMILES string of the molecule is CC1(C)C[C@]2(C(N)=O)CN(C(=O)c3cnccc3C(F)(F)F)C[C@H]12. The number of fused-ring (bicyclic) bond motifs is 1. The summed E-state index contributed by atoms with van der Waals surface area (Å²) in [6.07, 6.45) is -2.19. The molecule has 0 aromatic carbocycles. The Bertz CT molecular complexity index is 717. The standard InChI is InChI=1S/C16H18F3N3O2/c1-14(2)7-15(13(20)24)8-22(6-11(14)15)12(23)9-5-21-4-3-10(9)16(17,18)19/h3-5,11H,6-8H2,1-2H3,(H2,20,24)/t11-,15+/m1/s1. The highest BCUT2D eigenvalue weighted by Gasteiger charge is 2.66. The van der Waals surface area contributed by atoms with Crippen molar-refractivity contribution in [1.29, 1.82) is 0 Å². The Hall–Kier alpha value is -2.12. The number of amides is 2. The van der Waals surface area contributed by atoms with Gasteiger partial charge in [0.05, 0.1) is 16.5 Å². The Kier molecular flexibility index (Phi) is 3.44. The van der Waals surface area contributed by atoms with E-state index >= 15 is 0 Å². The van der Waals surface area contributed by atoms with Crippen molar-refractivity contribution in [2.75, 3.05) is 13.1 Å². The van der Waals surface area contributed by atoms with Crippen LogP contribution in [-0.2, 0) is 11.0 Å².